The Bertz CT molecular complexity index is 961. The fourth-order valence-electron chi connectivity index (χ4n) is 2.76. The van der Waals surface area contributed by atoms with Crippen LogP contribution in [0, 0.1) is 0 Å². The Balaban J connectivity index is 2.50. The fraction of sp³-hybridized carbons (Fsp3) is 0.188. The molecule has 0 saturated carbocycles. The minimum Gasteiger partial charge on any atom is -0.494 e. The molecular weight excluding hydrogens is 325 g/mol. The van der Waals surface area contributed by atoms with Gasteiger partial charge < -0.3 is 9.30 Å². The molecule has 0 radical (unpaired) electrons. The first-order chi connectivity index (χ1) is 11.4. The van der Waals surface area contributed by atoms with E-state index in [1.807, 2.05) is 0 Å². The van der Waals surface area contributed by atoms with E-state index in [4.69, 9.17) is 4.74 Å². The molecule has 3 aromatic rings. The summed E-state index contributed by atoms with van der Waals surface area (Å²) in [5.41, 5.74) is 0.917. The fourth-order valence-corrected chi connectivity index (χ4v) is 2.76. The molecule has 2 aromatic heterocycles. The van der Waals surface area contributed by atoms with Crippen molar-refractivity contribution in [1.29, 1.82) is 0 Å². The lowest BCUT2D eigenvalue weighted by atomic mass is 10.1. The first-order valence-electron chi connectivity index (χ1n) is 6.85. The molecule has 0 N–H and O–H groups in total. The zero-order valence-corrected chi connectivity index (χ0v) is 12.4. The highest BCUT2D eigenvalue weighted by Gasteiger charge is 2.31. The van der Waals surface area contributed by atoms with E-state index in [0.29, 0.717) is 23.5 Å². The van der Waals surface area contributed by atoms with Crippen molar-refractivity contribution < 1.29 is 27.5 Å². The van der Waals surface area contributed by atoms with Gasteiger partial charge in [-0.15, -0.1) is 0 Å². The molecule has 3 rings (SSSR count). The average molecular weight is 336 g/mol. The molecule has 1 aromatic carbocycles. The number of nitrogens with zero attached hydrogens (tertiary/aromatic N) is 2. The van der Waals surface area contributed by atoms with Crippen LogP contribution in [0.1, 0.15) is 20.7 Å². The van der Waals surface area contributed by atoms with Gasteiger partial charge in [-0.25, -0.2) is 0 Å². The zero-order chi connectivity index (χ0) is 17.5. The van der Waals surface area contributed by atoms with Gasteiger partial charge in [0.05, 0.1) is 23.7 Å². The third kappa shape index (κ3) is 2.49. The summed E-state index contributed by atoms with van der Waals surface area (Å²) in [6, 6.07) is 4.31. The van der Waals surface area contributed by atoms with Crippen LogP contribution in [0.5, 0.6) is 5.75 Å². The van der Waals surface area contributed by atoms with Gasteiger partial charge >= 0.3 is 6.18 Å². The van der Waals surface area contributed by atoms with Gasteiger partial charge in [0.15, 0.2) is 12.0 Å². The molecule has 24 heavy (non-hydrogen) atoms. The summed E-state index contributed by atoms with van der Waals surface area (Å²) >= 11 is 0. The highest BCUT2D eigenvalue weighted by Crippen LogP contribution is 2.37. The quantitative estimate of drug-likeness (QED) is 0.685. The summed E-state index contributed by atoms with van der Waals surface area (Å²) in [6.07, 6.45) is -2.18. The van der Waals surface area contributed by atoms with Gasteiger partial charge in [-0.3, -0.25) is 14.6 Å². The van der Waals surface area contributed by atoms with Crippen LogP contribution in [0.2, 0.25) is 0 Å². The summed E-state index contributed by atoms with van der Waals surface area (Å²) in [5, 5.41) is 0.384. The number of hydrogen-bond donors (Lipinski definition) is 0. The van der Waals surface area contributed by atoms with Gasteiger partial charge in [0, 0.05) is 17.1 Å². The first-order valence-corrected chi connectivity index (χ1v) is 6.85. The molecule has 0 atom stereocenters. The second-order valence-electron chi connectivity index (χ2n) is 5.16. The van der Waals surface area contributed by atoms with Crippen molar-refractivity contribution in [2.45, 2.75) is 12.7 Å². The number of halogens is 3. The number of aromatic nitrogens is 2. The number of carbonyl (C=O) groups excluding carboxylic acids is 2. The smallest absolute Gasteiger partial charge is 0.406 e. The monoisotopic (exact) mass is 336 g/mol. The maximum absolute atomic E-state index is 13.0. The van der Waals surface area contributed by atoms with Crippen LogP contribution in [0.4, 0.5) is 13.2 Å². The molecule has 5 nitrogen and oxygen atoms in total. The van der Waals surface area contributed by atoms with E-state index in [0.717, 1.165) is 4.57 Å². The van der Waals surface area contributed by atoms with Crippen molar-refractivity contribution in [3.8, 4) is 5.75 Å². The third-order valence-electron chi connectivity index (χ3n) is 3.68. The van der Waals surface area contributed by atoms with Gasteiger partial charge in [0.2, 0.25) is 0 Å². The van der Waals surface area contributed by atoms with E-state index < -0.39 is 12.7 Å². The van der Waals surface area contributed by atoms with Crippen molar-refractivity contribution >= 4 is 34.5 Å². The summed E-state index contributed by atoms with van der Waals surface area (Å²) in [5.74, 6) is 0.0168. The standard InChI is InChI=1S/C16H11F3N2O3/c1-24-15-10(7-23)5-20-13-11-4-9(6-22)2-3-12(11)21(14(13)15)8-16(17,18)19/h2-7H,8H2,1H3. The van der Waals surface area contributed by atoms with E-state index in [1.165, 1.54) is 31.5 Å². The molecule has 0 bridgehead atoms. The van der Waals surface area contributed by atoms with E-state index in [-0.39, 0.29) is 27.9 Å². The molecule has 0 fully saturated rings. The maximum Gasteiger partial charge on any atom is 0.406 e. The summed E-state index contributed by atoms with van der Waals surface area (Å²) in [6.45, 7) is -1.27. The molecule has 0 spiro atoms. The van der Waals surface area contributed by atoms with Crippen molar-refractivity contribution in [3.63, 3.8) is 0 Å². The number of alkyl halides is 3. The second-order valence-corrected chi connectivity index (χ2v) is 5.16. The number of rotatable bonds is 4. The maximum atomic E-state index is 13.0. The van der Waals surface area contributed by atoms with Crippen molar-refractivity contribution in [1.82, 2.24) is 9.55 Å². The lowest BCUT2D eigenvalue weighted by molar-refractivity contribution is -0.139. The topological polar surface area (TPSA) is 61.2 Å². The van der Waals surface area contributed by atoms with Crippen LogP contribution in [0.3, 0.4) is 0 Å². The van der Waals surface area contributed by atoms with Gasteiger partial charge in [-0.1, -0.05) is 0 Å². The highest BCUT2D eigenvalue weighted by atomic mass is 19.4. The van der Waals surface area contributed by atoms with E-state index in [1.54, 1.807) is 0 Å². The van der Waals surface area contributed by atoms with Gasteiger partial charge in [-0.2, -0.15) is 13.2 Å². The minimum absolute atomic E-state index is 0.0168. The van der Waals surface area contributed by atoms with E-state index in [9.17, 15) is 22.8 Å². The number of fused-ring (bicyclic) bond motifs is 3. The van der Waals surface area contributed by atoms with Crippen molar-refractivity contribution in [3.05, 3.63) is 35.5 Å². The average Bonchev–Trinajstić information content (AvgIpc) is 2.85. The van der Waals surface area contributed by atoms with Crippen LogP contribution < -0.4 is 4.74 Å². The Morgan fingerprint density at radius 3 is 2.58 bits per heavy atom. The van der Waals surface area contributed by atoms with Crippen LogP contribution >= 0.6 is 0 Å². The molecule has 0 aliphatic heterocycles. The minimum atomic E-state index is -4.48. The molecule has 0 saturated heterocycles. The normalized spacial score (nSPS) is 11.8. The molecule has 0 aliphatic carbocycles. The van der Waals surface area contributed by atoms with Crippen LogP contribution in [-0.2, 0) is 6.54 Å². The molecule has 2 heterocycles. The largest absolute Gasteiger partial charge is 0.494 e. The summed E-state index contributed by atoms with van der Waals surface area (Å²) in [4.78, 5) is 26.2. The first kappa shape index (κ1) is 16.0. The summed E-state index contributed by atoms with van der Waals surface area (Å²) < 4.78 is 45.3. The number of ether oxygens (including phenoxy) is 1. The SMILES string of the molecule is COc1c(C=O)cnc2c3cc(C=O)ccc3n(CC(F)(F)F)c12. The number of methoxy groups -OCH3 is 1. The molecule has 0 amide bonds. The Morgan fingerprint density at radius 2 is 2.00 bits per heavy atom. The lowest BCUT2D eigenvalue weighted by Crippen LogP contribution is -2.17. The van der Waals surface area contributed by atoms with Crippen molar-refractivity contribution in [2.24, 2.45) is 0 Å². The number of pyridine rings is 1. The second kappa shape index (κ2) is 5.63. The van der Waals surface area contributed by atoms with E-state index >= 15 is 0 Å². The summed E-state index contributed by atoms with van der Waals surface area (Å²) in [7, 11) is 1.27. The van der Waals surface area contributed by atoms with Gasteiger partial charge in [-0.05, 0) is 18.2 Å². The van der Waals surface area contributed by atoms with Crippen LogP contribution in [0.15, 0.2) is 24.4 Å². The van der Waals surface area contributed by atoms with Crippen molar-refractivity contribution in [2.75, 3.05) is 7.11 Å². The Kier molecular flexibility index (Phi) is 3.75. The zero-order valence-electron chi connectivity index (χ0n) is 12.4. The van der Waals surface area contributed by atoms with Gasteiger partial charge in [0.1, 0.15) is 18.3 Å². The molecule has 0 aliphatic rings. The molecule has 0 unspecified atom stereocenters. The van der Waals surface area contributed by atoms with E-state index in [2.05, 4.69) is 4.98 Å². The van der Waals surface area contributed by atoms with Crippen LogP contribution in [0.25, 0.3) is 21.9 Å². The number of carbonyl (C=O) groups is 2. The number of aldehydes is 2. The Hall–Kier alpha value is -2.90. The highest BCUT2D eigenvalue weighted by molar-refractivity contribution is 6.10. The lowest BCUT2D eigenvalue weighted by Gasteiger charge is -2.13. The molecule has 124 valence electrons. The predicted molar refractivity (Wildman–Crippen MR) is 80.6 cm³/mol. The predicted octanol–water partition coefficient (Wildman–Crippen LogP) is 3.39. The number of benzene rings is 1. The Labute approximate surface area is 133 Å². The Morgan fingerprint density at radius 1 is 1.25 bits per heavy atom. The van der Waals surface area contributed by atoms with Crippen LogP contribution in [-0.4, -0.2) is 35.4 Å². The van der Waals surface area contributed by atoms with Gasteiger partial charge in [0.25, 0.3) is 0 Å². The molecular formula is C16H11F3N2O3. The molecule has 8 heteroatoms. The number of hydrogen-bond acceptors (Lipinski definition) is 4. The third-order valence-corrected chi connectivity index (χ3v) is 3.68.